The van der Waals surface area contributed by atoms with Gasteiger partial charge in [-0.25, -0.2) is 0 Å². The maximum absolute atomic E-state index is 12.8. The van der Waals surface area contributed by atoms with Crippen molar-refractivity contribution in [1.82, 2.24) is 19.6 Å². The summed E-state index contributed by atoms with van der Waals surface area (Å²) in [6.45, 7) is -0.634. The molecular weight excluding hydrogens is 534 g/mol. The molecule has 1 heterocycles. The van der Waals surface area contributed by atoms with Gasteiger partial charge in [-0.3, -0.25) is 24.4 Å². The summed E-state index contributed by atoms with van der Waals surface area (Å²) < 4.78 is 0. The predicted molar refractivity (Wildman–Crippen MR) is 125 cm³/mol. The summed E-state index contributed by atoms with van der Waals surface area (Å²) in [5.41, 5.74) is -1.12. The van der Waals surface area contributed by atoms with E-state index in [0.29, 0.717) is 0 Å². The van der Waals surface area contributed by atoms with Gasteiger partial charge in [0.1, 0.15) is 0 Å². The standard InChI is InChI=1S/C24H33N5O11/c30-19(25-18-10-16(23(37)38)9-17(11-18)24(39)40)12-26-1-3-27(13-20(31)32)5-7-29(15-22(35)36)8-6-28(4-2-26)14-21(33)34/h9-11H,1-8,12-15H2,(H,25,30)(H,31,32)(H,33,34)(H,35,36)(H,37,38)(H,39,40)/p-5. The summed E-state index contributed by atoms with van der Waals surface area (Å²) in [5, 5.41) is 58.5. The zero-order valence-corrected chi connectivity index (χ0v) is 21.5. The molecule has 16 heteroatoms. The van der Waals surface area contributed by atoms with E-state index in [2.05, 4.69) is 5.32 Å². The van der Waals surface area contributed by atoms with Crippen LogP contribution in [0.5, 0.6) is 0 Å². The molecule has 1 fully saturated rings. The smallest absolute Gasteiger partial charge is 0.238 e. The highest BCUT2D eigenvalue weighted by atomic mass is 16.4. The van der Waals surface area contributed by atoms with Gasteiger partial charge in [-0.15, -0.1) is 0 Å². The van der Waals surface area contributed by atoms with Crippen LogP contribution in [-0.4, -0.2) is 134 Å². The number of anilines is 1. The number of carbonyl (C=O) groups excluding carboxylic acids is 6. The Morgan fingerprint density at radius 1 is 0.525 bits per heavy atom. The van der Waals surface area contributed by atoms with Crippen LogP contribution < -0.4 is 30.8 Å². The number of carboxylic acid groups (broad SMARTS) is 5. The Morgan fingerprint density at radius 3 is 1.10 bits per heavy atom. The maximum atomic E-state index is 12.8. The highest BCUT2D eigenvalue weighted by Gasteiger charge is 2.19. The average Bonchev–Trinajstić information content (AvgIpc) is 2.84. The van der Waals surface area contributed by atoms with Gasteiger partial charge in [0.05, 0.1) is 36.4 Å². The lowest BCUT2D eigenvalue weighted by Crippen LogP contribution is -2.51. The van der Waals surface area contributed by atoms with E-state index in [1.807, 2.05) is 0 Å². The van der Waals surface area contributed by atoms with Gasteiger partial charge >= 0.3 is 0 Å². The third kappa shape index (κ3) is 11.7. The van der Waals surface area contributed by atoms with Crippen LogP contribution in [0.1, 0.15) is 20.7 Å². The summed E-state index contributed by atoms with van der Waals surface area (Å²) in [6.07, 6.45) is 0. The zero-order valence-electron chi connectivity index (χ0n) is 21.5. The first kappa shape index (κ1) is 32.1. The minimum atomic E-state index is -1.67. The van der Waals surface area contributed by atoms with Crippen LogP contribution in [0.4, 0.5) is 5.69 Å². The summed E-state index contributed by atoms with van der Waals surface area (Å²) in [6, 6.07) is 2.84. The molecule has 220 valence electrons. The number of nitrogens with one attached hydrogen (secondary N) is 1. The summed E-state index contributed by atoms with van der Waals surface area (Å²) in [7, 11) is 0. The third-order valence-electron chi connectivity index (χ3n) is 6.04. The van der Waals surface area contributed by atoms with Gasteiger partial charge in [-0.05, 0) is 29.3 Å². The molecule has 1 aromatic carbocycles. The minimum Gasteiger partial charge on any atom is -0.549 e. The Morgan fingerprint density at radius 2 is 0.825 bits per heavy atom. The van der Waals surface area contributed by atoms with Gasteiger partial charge in [0, 0.05) is 77.7 Å². The number of hydrogen-bond acceptors (Lipinski definition) is 15. The molecule has 0 atom stereocenters. The van der Waals surface area contributed by atoms with Crippen molar-refractivity contribution in [3.8, 4) is 0 Å². The van der Waals surface area contributed by atoms with E-state index >= 15 is 0 Å². The first-order valence-electron chi connectivity index (χ1n) is 12.2. The van der Waals surface area contributed by atoms with Crippen molar-refractivity contribution in [2.75, 3.05) is 83.9 Å². The summed E-state index contributed by atoms with van der Waals surface area (Å²) in [4.78, 5) is 75.0. The fraction of sp³-hybridized carbons (Fsp3) is 0.500. The molecule has 0 aliphatic carbocycles. The Labute approximate surface area is 229 Å². The van der Waals surface area contributed by atoms with Crippen LogP contribution in [0.15, 0.2) is 18.2 Å². The molecule has 1 aliphatic heterocycles. The second-order valence-corrected chi connectivity index (χ2v) is 9.14. The molecule has 0 unspecified atom stereocenters. The number of rotatable bonds is 11. The number of amides is 1. The normalized spacial score (nSPS) is 16.8. The minimum absolute atomic E-state index is 0.121. The lowest BCUT2D eigenvalue weighted by molar-refractivity contribution is -0.308. The van der Waals surface area contributed by atoms with Gasteiger partial charge in [-0.1, -0.05) is 0 Å². The van der Waals surface area contributed by atoms with Crippen molar-refractivity contribution in [2.45, 2.75) is 0 Å². The number of benzene rings is 1. The molecule has 0 spiro atoms. The molecule has 1 amide bonds. The maximum Gasteiger partial charge on any atom is 0.238 e. The van der Waals surface area contributed by atoms with E-state index in [1.165, 1.54) is 14.7 Å². The molecule has 0 bridgehead atoms. The van der Waals surface area contributed by atoms with Gasteiger partial charge in [-0.2, -0.15) is 0 Å². The Balaban J connectivity index is 2.21. The molecule has 1 saturated heterocycles. The van der Waals surface area contributed by atoms with Crippen molar-refractivity contribution in [2.24, 2.45) is 0 Å². The van der Waals surface area contributed by atoms with E-state index in [0.717, 1.165) is 18.2 Å². The fourth-order valence-corrected chi connectivity index (χ4v) is 4.10. The van der Waals surface area contributed by atoms with Crippen molar-refractivity contribution >= 4 is 41.4 Å². The van der Waals surface area contributed by atoms with E-state index in [9.17, 15) is 54.3 Å². The monoisotopic (exact) mass is 562 g/mol. The number of hydrogen-bond donors (Lipinski definition) is 1. The fourth-order valence-electron chi connectivity index (χ4n) is 4.10. The molecular formula is C24H28N5O11-5. The molecule has 2 rings (SSSR count). The molecule has 40 heavy (non-hydrogen) atoms. The SMILES string of the molecule is O=C([O-])CN1CCN(CC(=O)[O-])CCN(CC(=O)Nc2cc(C(=O)[O-])cc(C(=O)[O-])c2)CCN(CC(=O)[O-])CC1. The first-order valence-corrected chi connectivity index (χ1v) is 12.2. The topological polar surface area (TPSA) is 243 Å². The van der Waals surface area contributed by atoms with E-state index in [-0.39, 0.29) is 64.6 Å². The Hall–Kier alpha value is -4.12. The molecule has 0 radical (unpaired) electrons. The molecule has 1 aromatic rings. The number of aromatic carboxylic acids is 2. The zero-order chi connectivity index (χ0) is 29.8. The number of aliphatic carboxylic acids is 3. The summed E-state index contributed by atoms with van der Waals surface area (Å²) >= 11 is 0. The number of carboxylic acids is 5. The third-order valence-corrected chi connectivity index (χ3v) is 6.04. The van der Waals surface area contributed by atoms with Crippen molar-refractivity contribution in [3.05, 3.63) is 29.3 Å². The second-order valence-electron chi connectivity index (χ2n) is 9.14. The molecule has 1 N–H and O–H groups in total. The van der Waals surface area contributed by atoms with E-state index < -0.39 is 66.5 Å². The van der Waals surface area contributed by atoms with Crippen molar-refractivity contribution < 1.29 is 54.3 Å². The van der Waals surface area contributed by atoms with Crippen LogP contribution in [-0.2, 0) is 19.2 Å². The first-order chi connectivity index (χ1) is 18.8. The largest absolute Gasteiger partial charge is 0.549 e. The van der Waals surface area contributed by atoms with Gasteiger partial charge < -0.3 is 54.8 Å². The van der Waals surface area contributed by atoms with Crippen LogP contribution in [0.25, 0.3) is 0 Å². The molecule has 0 aromatic heterocycles. The number of carbonyl (C=O) groups is 6. The Kier molecular flexibility index (Phi) is 12.4. The number of nitrogens with zero attached hydrogens (tertiary/aromatic N) is 4. The van der Waals surface area contributed by atoms with E-state index in [1.54, 1.807) is 4.90 Å². The van der Waals surface area contributed by atoms with Crippen LogP contribution >= 0.6 is 0 Å². The van der Waals surface area contributed by atoms with E-state index in [4.69, 9.17) is 0 Å². The predicted octanol–water partition coefficient (Wildman–Crippen LogP) is -8.18. The van der Waals surface area contributed by atoms with Crippen molar-refractivity contribution in [1.29, 1.82) is 0 Å². The second kappa shape index (κ2) is 15.5. The lowest BCUT2D eigenvalue weighted by Gasteiger charge is -2.34. The molecule has 1 aliphatic rings. The quantitative estimate of drug-likeness (QED) is 0.263. The van der Waals surface area contributed by atoms with Gasteiger partial charge in [0.15, 0.2) is 0 Å². The van der Waals surface area contributed by atoms with Crippen LogP contribution in [0, 0.1) is 0 Å². The van der Waals surface area contributed by atoms with Gasteiger partial charge in [0.25, 0.3) is 0 Å². The summed E-state index contributed by atoms with van der Waals surface area (Å²) in [5.74, 6) is -8.07. The highest BCUT2D eigenvalue weighted by Crippen LogP contribution is 2.15. The van der Waals surface area contributed by atoms with Crippen LogP contribution in [0.3, 0.4) is 0 Å². The molecule has 0 saturated carbocycles. The van der Waals surface area contributed by atoms with Crippen molar-refractivity contribution in [3.63, 3.8) is 0 Å². The van der Waals surface area contributed by atoms with Gasteiger partial charge in [0.2, 0.25) is 5.91 Å². The highest BCUT2D eigenvalue weighted by molar-refractivity contribution is 5.98. The Bertz CT molecular complexity index is 1050. The lowest BCUT2D eigenvalue weighted by atomic mass is 10.1. The molecule has 16 nitrogen and oxygen atoms in total. The average molecular weight is 563 g/mol. The van der Waals surface area contributed by atoms with Crippen LogP contribution in [0.2, 0.25) is 0 Å².